The predicted molar refractivity (Wildman–Crippen MR) is 236 cm³/mol. The summed E-state index contributed by atoms with van der Waals surface area (Å²) in [5.41, 5.74) is 0. The van der Waals surface area contributed by atoms with Crippen molar-refractivity contribution >= 4 is 5.91 Å². The lowest BCUT2D eigenvalue weighted by Crippen LogP contribution is -2.48. The summed E-state index contributed by atoms with van der Waals surface area (Å²) in [5.74, 6) is -0.516. The van der Waals surface area contributed by atoms with Crippen LogP contribution >= 0.6 is 0 Å². The van der Waals surface area contributed by atoms with E-state index >= 15 is 0 Å². The Bertz CT molecular complexity index is 840. The molecular weight excluding hydrogens is 667 g/mol. The normalized spacial score (nSPS) is 13.8. The molecule has 0 bridgehead atoms. The van der Waals surface area contributed by atoms with Crippen molar-refractivity contribution in [2.24, 2.45) is 0 Å². The van der Waals surface area contributed by atoms with Gasteiger partial charge in [-0.15, -0.1) is 0 Å². The molecule has 4 N–H and O–H groups in total. The molecule has 0 saturated carbocycles. The molecule has 0 radical (unpaired) electrons. The Labute approximate surface area is 336 Å². The van der Waals surface area contributed by atoms with Crippen LogP contribution in [-0.4, -0.2) is 46.1 Å². The standard InChI is InChI=1S/C49H93NO4/c1-3-5-7-9-11-13-15-16-17-18-19-20-21-22-23-24-25-26-27-28-29-30-31-32-34-36-38-40-42-44-48(53)49(54)50-46(45-51)47(52)43-41-39-37-35-33-14-12-10-8-6-4-2/h8,10,33,35,41,43,46-48,51-53H,3-7,9,11-32,34,36-40,42,44-45H2,1-2H3,(H,50,54)/b10-8+,35-33+,43-41+. The first-order valence-corrected chi connectivity index (χ1v) is 23.8. The van der Waals surface area contributed by atoms with Crippen molar-refractivity contribution in [1.82, 2.24) is 5.32 Å². The minimum Gasteiger partial charge on any atom is -0.394 e. The summed E-state index contributed by atoms with van der Waals surface area (Å²) < 4.78 is 0. The maximum atomic E-state index is 12.4. The second-order valence-corrected chi connectivity index (χ2v) is 16.3. The molecule has 0 fully saturated rings. The first kappa shape index (κ1) is 52.6. The van der Waals surface area contributed by atoms with E-state index in [2.05, 4.69) is 43.5 Å². The smallest absolute Gasteiger partial charge is 0.249 e. The number of amides is 1. The van der Waals surface area contributed by atoms with Crippen molar-refractivity contribution in [3.05, 3.63) is 36.5 Å². The van der Waals surface area contributed by atoms with Gasteiger partial charge in [0, 0.05) is 0 Å². The summed E-state index contributed by atoms with van der Waals surface area (Å²) in [6.07, 6.45) is 56.4. The molecule has 3 atom stereocenters. The Morgan fingerprint density at radius 1 is 0.444 bits per heavy atom. The number of allylic oxidation sites excluding steroid dienone is 5. The molecule has 0 saturated heterocycles. The van der Waals surface area contributed by atoms with Crippen LogP contribution in [0.2, 0.25) is 0 Å². The maximum Gasteiger partial charge on any atom is 0.249 e. The molecule has 5 nitrogen and oxygen atoms in total. The van der Waals surface area contributed by atoms with E-state index in [0.29, 0.717) is 6.42 Å². The van der Waals surface area contributed by atoms with Gasteiger partial charge >= 0.3 is 0 Å². The van der Waals surface area contributed by atoms with Gasteiger partial charge in [-0.2, -0.15) is 0 Å². The van der Waals surface area contributed by atoms with E-state index < -0.39 is 24.2 Å². The highest BCUT2D eigenvalue weighted by atomic mass is 16.3. The van der Waals surface area contributed by atoms with Crippen LogP contribution in [0.5, 0.6) is 0 Å². The number of aliphatic hydroxyl groups is 3. The van der Waals surface area contributed by atoms with Crippen molar-refractivity contribution in [3.63, 3.8) is 0 Å². The van der Waals surface area contributed by atoms with Gasteiger partial charge in [-0.25, -0.2) is 0 Å². The molecule has 318 valence electrons. The number of unbranched alkanes of at least 4 members (excludes halogenated alkanes) is 31. The zero-order valence-corrected chi connectivity index (χ0v) is 36.1. The van der Waals surface area contributed by atoms with E-state index in [1.165, 1.54) is 173 Å². The highest BCUT2D eigenvalue weighted by Crippen LogP contribution is 2.17. The van der Waals surface area contributed by atoms with Gasteiger partial charge in [-0.1, -0.05) is 243 Å². The molecule has 0 aliphatic heterocycles. The number of carbonyl (C=O) groups excluding carboxylic acids is 1. The third-order valence-electron chi connectivity index (χ3n) is 10.9. The van der Waals surface area contributed by atoms with Crippen LogP contribution in [-0.2, 0) is 4.79 Å². The number of hydrogen-bond acceptors (Lipinski definition) is 4. The summed E-state index contributed by atoms with van der Waals surface area (Å²) in [6.45, 7) is 4.10. The second kappa shape index (κ2) is 44.3. The molecule has 1 amide bonds. The van der Waals surface area contributed by atoms with E-state index in [0.717, 1.165) is 51.4 Å². The Morgan fingerprint density at radius 2 is 0.759 bits per heavy atom. The molecule has 0 aliphatic rings. The van der Waals surface area contributed by atoms with E-state index in [9.17, 15) is 20.1 Å². The minimum absolute atomic E-state index is 0.380. The quantitative estimate of drug-likeness (QED) is 0.0368. The van der Waals surface area contributed by atoms with Crippen LogP contribution in [0, 0.1) is 0 Å². The van der Waals surface area contributed by atoms with Crippen LogP contribution in [0.15, 0.2) is 36.5 Å². The number of hydrogen-bond donors (Lipinski definition) is 4. The fourth-order valence-corrected chi connectivity index (χ4v) is 7.23. The van der Waals surface area contributed by atoms with Crippen molar-refractivity contribution in [2.75, 3.05) is 6.61 Å². The van der Waals surface area contributed by atoms with Gasteiger partial charge in [0.2, 0.25) is 5.91 Å². The molecule has 0 spiro atoms. The van der Waals surface area contributed by atoms with Crippen LogP contribution in [0.1, 0.15) is 245 Å². The van der Waals surface area contributed by atoms with Crippen LogP contribution in [0.4, 0.5) is 0 Å². The van der Waals surface area contributed by atoms with Crippen molar-refractivity contribution in [3.8, 4) is 0 Å². The monoisotopic (exact) mass is 760 g/mol. The van der Waals surface area contributed by atoms with Crippen molar-refractivity contribution in [1.29, 1.82) is 0 Å². The van der Waals surface area contributed by atoms with Gasteiger partial charge in [0.1, 0.15) is 6.10 Å². The SMILES string of the molecule is CCC/C=C/CC/C=C/CC/C=C/C(O)C(CO)NC(=O)C(O)CCCCCCCCCCCCCCCCCCCCCCCCCCCCCCC. The molecule has 0 aromatic heterocycles. The molecule has 0 rings (SSSR count). The summed E-state index contributed by atoms with van der Waals surface area (Å²) >= 11 is 0. The Kier molecular flexibility index (Phi) is 43.1. The zero-order valence-electron chi connectivity index (χ0n) is 36.1. The topological polar surface area (TPSA) is 89.8 Å². The van der Waals surface area contributed by atoms with Crippen LogP contribution in [0.3, 0.4) is 0 Å². The van der Waals surface area contributed by atoms with Crippen LogP contribution in [0.25, 0.3) is 0 Å². The third-order valence-corrected chi connectivity index (χ3v) is 10.9. The number of aliphatic hydroxyl groups excluding tert-OH is 3. The molecule has 0 heterocycles. The summed E-state index contributed by atoms with van der Waals surface area (Å²) in [5, 5.41) is 33.0. The second-order valence-electron chi connectivity index (χ2n) is 16.3. The summed E-state index contributed by atoms with van der Waals surface area (Å²) in [4.78, 5) is 12.4. The van der Waals surface area contributed by atoms with Gasteiger partial charge in [0.15, 0.2) is 0 Å². The van der Waals surface area contributed by atoms with E-state index in [4.69, 9.17) is 0 Å². The average molecular weight is 760 g/mol. The van der Waals surface area contributed by atoms with Crippen LogP contribution < -0.4 is 5.32 Å². The molecule has 0 aliphatic carbocycles. The van der Waals surface area contributed by atoms with Gasteiger partial charge in [0.05, 0.1) is 18.8 Å². The van der Waals surface area contributed by atoms with E-state index in [1.807, 2.05) is 6.08 Å². The fourth-order valence-electron chi connectivity index (χ4n) is 7.23. The fraction of sp³-hybridized carbons (Fsp3) is 0.857. The number of rotatable bonds is 43. The Morgan fingerprint density at radius 3 is 1.09 bits per heavy atom. The van der Waals surface area contributed by atoms with Crippen molar-refractivity contribution < 1.29 is 20.1 Å². The van der Waals surface area contributed by atoms with Crippen molar-refractivity contribution in [2.45, 2.75) is 263 Å². The molecule has 54 heavy (non-hydrogen) atoms. The molecule has 0 aromatic rings. The number of nitrogens with one attached hydrogen (secondary N) is 1. The Hall–Kier alpha value is -1.43. The predicted octanol–water partition coefficient (Wildman–Crippen LogP) is 13.9. The molecule has 0 aromatic carbocycles. The highest BCUT2D eigenvalue weighted by Gasteiger charge is 2.22. The molecular formula is C49H93NO4. The van der Waals surface area contributed by atoms with Gasteiger partial charge in [0.25, 0.3) is 0 Å². The Balaban J connectivity index is 3.52. The molecule has 3 unspecified atom stereocenters. The zero-order chi connectivity index (χ0) is 39.4. The maximum absolute atomic E-state index is 12.4. The first-order valence-electron chi connectivity index (χ1n) is 23.8. The summed E-state index contributed by atoms with van der Waals surface area (Å²) in [6, 6.07) is -0.817. The largest absolute Gasteiger partial charge is 0.394 e. The minimum atomic E-state index is -1.11. The van der Waals surface area contributed by atoms with Gasteiger partial charge in [-0.3, -0.25) is 4.79 Å². The average Bonchev–Trinajstić information content (AvgIpc) is 3.18. The van der Waals surface area contributed by atoms with E-state index in [-0.39, 0.29) is 6.61 Å². The van der Waals surface area contributed by atoms with Gasteiger partial charge in [-0.05, 0) is 38.5 Å². The van der Waals surface area contributed by atoms with Gasteiger partial charge < -0.3 is 20.6 Å². The lowest BCUT2D eigenvalue weighted by molar-refractivity contribution is -0.131. The first-order chi connectivity index (χ1) is 26.6. The molecule has 5 heteroatoms. The lowest BCUT2D eigenvalue weighted by atomic mass is 10.0. The highest BCUT2D eigenvalue weighted by molar-refractivity contribution is 5.80. The number of carbonyl (C=O) groups is 1. The summed E-state index contributed by atoms with van der Waals surface area (Å²) in [7, 11) is 0. The lowest BCUT2D eigenvalue weighted by Gasteiger charge is -2.21. The van der Waals surface area contributed by atoms with E-state index in [1.54, 1.807) is 6.08 Å². The third kappa shape index (κ3) is 38.8.